The standard InChI is InChI=1S/C17H19N3O/c1-11(2)19-17(21)16-14(10-18)7-8-20(16)15-6-5-12(3)13(4)9-15/h5-9,11H,1-4H3,(H,19,21). The number of hydrogen-bond acceptors (Lipinski definition) is 2. The summed E-state index contributed by atoms with van der Waals surface area (Å²) < 4.78 is 1.77. The van der Waals surface area contributed by atoms with E-state index in [4.69, 9.17) is 0 Å². The topological polar surface area (TPSA) is 57.8 Å². The van der Waals surface area contributed by atoms with Crippen molar-refractivity contribution in [2.24, 2.45) is 0 Å². The second-order valence-corrected chi connectivity index (χ2v) is 5.46. The van der Waals surface area contributed by atoms with Crippen LogP contribution in [0.5, 0.6) is 0 Å². The Labute approximate surface area is 125 Å². The first-order valence-corrected chi connectivity index (χ1v) is 6.94. The molecular formula is C17H19N3O. The molecule has 21 heavy (non-hydrogen) atoms. The molecule has 0 saturated carbocycles. The summed E-state index contributed by atoms with van der Waals surface area (Å²) in [5, 5.41) is 12.1. The van der Waals surface area contributed by atoms with E-state index >= 15 is 0 Å². The molecule has 0 aliphatic rings. The highest BCUT2D eigenvalue weighted by molar-refractivity contribution is 5.96. The molecule has 0 aliphatic carbocycles. The third-order valence-electron chi connectivity index (χ3n) is 3.41. The van der Waals surface area contributed by atoms with Crippen molar-refractivity contribution in [2.45, 2.75) is 33.7 Å². The quantitative estimate of drug-likeness (QED) is 0.939. The first-order chi connectivity index (χ1) is 9.93. The number of hydrogen-bond donors (Lipinski definition) is 1. The van der Waals surface area contributed by atoms with Crippen LogP contribution in [0.1, 0.15) is 41.0 Å². The van der Waals surface area contributed by atoms with Gasteiger partial charge in [-0.3, -0.25) is 4.79 Å². The molecule has 0 fully saturated rings. The minimum Gasteiger partial charge on any atom is -0.349 e. The van der Waals surface area contributed by atoms with Crippen molar-refractivity contribution in [2.75, 3.05) is 0 Å². The number of carbonyl (C=O) groups excluding carboxylic acids is 1. The minimum atomic E-state index is -0.232. The average Bonchev–Trinajstić information content (AvgIpc) is 2.85. The fourth-order valence-electron chi connectivity index (χ4n) is 2.18. The lowest BCUT2D eigenvalue weighted by Gasteiger charge is -2.13. The Morgan fingerprint density at radius 1 is 1.24 bits per heavy atom. The maximum Gasteiger partial charge on any atom is 0.269 e. The fraction of sp³-hybridized carbons (Fsp3) is 0.294. The van der Waals surface area contributed by atoms with E-state index in [0.717, 1.165) is 11.3 Å². The molecule has 4 nitrogen and oxygen atoms in total. The van der Waals surface area contributed by atoms with Gasteiger partial charge in [0.1, 0.15) is 11.8 Å². The van der Waals surface area contributed by atoms with Crippen LogP contribution in [0, 0.1) is 25.2 Å². The van der Waals surface area contributed by atoms with Gasteiger partial charge < -0.3 is 9.88 Å². The number of rotatable bonds is 3. The zero-order valence-electron chi connectivity index (χ0n) is 12.8. The number of benzene rings is 1. The molecule has 1 heterocycles. The largest absolute Gasteiger partial charge is 0.349 e. The summed E-state index contributed by atoms with van der Waals surface area (Å²) in [6.45, 7) is 7.86. The SMILES string of the molecule is Cc1ccc(-n2ccc(C#N)c2C(=O)NC(C)C)cc1C. The van der Waals surface area contributed by atoms with Gasteiger partial charge in [-0.05, 0) is 57.0 Å². The van der Waals surface area contributed by atoms with Crippen molar-refractivity contribution < 1.29 is 4.79 Å². The Kier molecular flexibility index (Phi) is 4.13. The molecule has 1 aromatic heterocycles. The van der Waals surface area contributed by atoms with E-state index in [0.29, 0.717) is 11.3 Å². The molecule has 1 amide bonds. The highest BCUT2D eigenvalue weighted by Gasteiger charge is 2.18. The Morgan fingerprint density at radius 3 is 2.52 bits per heavy atom. The Hall–Kier alpha value is -2.54. The zero-order chi connectivity index (χ0) is 15.6. The highest BCUT2D eigenvalue weighted by Crippen LogP contribution is 2.19. The number of aryl methyl sites for hydroxylation is 2. The summed E-state index contributed by atoms with van der Waals surface area (Å²) in [6.07, 6.45) is 1.76. The summed E-state index contributed by atoms with van der Waals surface area (Å²) in [7, 11) is 0. The summed E-state index contributed by atoms with van der Waals surface area (Å²) >= 11 is 0. The molecule has 0 radical (unpaired) electrons. The number of amides is 1. The van der Waals surface area contributed by atoms with Gasteiger partial charge in [-0.2, -0.15) is 5.26 Å². The van der Waals surface area contributed by atoms with Crippen molar-refractivity contribution in [1.29, 1.82) is 5.26 Å². The van der Waals surface area contributed by atoms with Crippen LogP contribution in [-0.2, 0) is 0 Å². The van der Waals surface area contributed by atoms with Gasteiger partial charge in [-0.15, -0.1) is 0 Å². The van der Waals surface area contributed by atoms with E-state index in [1.807, 2.05) is 45.9 Å². The number of nitrogens with zero attached hydrogens (tertiary/aromatic N) is 2. The maximum atomic E-state index is 12.4. The molecule has 0 spiro atoms. The molecular weight excluding hydrogens is 262 g/mol. The maximum absolute atomic E-state index is 12.4. The van der Waals surface area contributed by atoms with Crippen molar-refractivity contribution in [1.82, 2.24) is 9.88 Å². The van der Waals surface area contributed by atoms with Gasteiger partial charge in [0.05, 0.1) is 5.56 Å². The van der Waals surface area contributed by atoms with Crippen LogP contribution in [0.25, 0.3) is 5.69 Å². The zero-order valence-corrected chi connectivity index (χ0v) is 12.8. The molecule has 4 heteroatoms. The third kappa shape index (κ3) is 2.97. The van der Waals surface area contributed by atoms with Crippen molar-refractivity contribution >= 4 is 5.91 Å². The van der Waals surface area contributed by atoms with Crippen LogP contribution in [0.15, 0.2) is 30.5 Å². The van der Waals surface area contributed by atoms with Crippen LogP contribution >= 0.6 is 0 Å². The summed E-state index contributed by atoms with van der Waals surface area (Å²) in [4.78, 5) is 12.4. The van der Waals surface area contributed by atoms with Crippen LogP contribution < -0.4 is 5.32 Å². The van der Waals surface area contributed by atoms with Gasteiger partial charge in [0, 0.05) is 17.9 Å². The van der Waals surface area contributed by atoms with E-state index in [-0.39, 0.29) is 11.9 Å². The Morgan fingerprint density at radius 2 is 1.95 bits per heavy atom. The first-order valence-electron chi connectivity index (χ1n) is 6.94. The number of carbonyl (C=O) groups is 1. The van der Waals surface area contributed by atoms with Crippen LogP contribution in [0.4, 0.5) is 0 Å². The smallest absolute Gasteiger partial charge is 0.269 e. The van der Waals surface area contributed by atoms with Crippen molar-refractivity contribution in [3.8, 4) is 11.8 Å². The number of nitriles is 1. The molecule has 1 aromatic carbocycles. The van der Waals surface area contributed by atoms with Gasteiger partial charge in [0.25, 0.3) is 5.91 Å². The van der Waals surface area contributed by atoms with Crippen LogP contribution in [0.3, 0.4) is 0 Å². The number of nitrogens with one attached hydrogen (secondary N) is 1. The second kappa shape index (κ2) is 5.84. The Balaban J connectivity index is 2.54. The van der Waals surface area contributed by atoms with Crippen molar-refractivity contribution in [3.05, 3.63) is 52.8 Å². The first kappa shape index (κ1) is 14.9. The van der Waals surface area contributed by atoms with E-state index in [2.05, 4.69) is 11.4 Å². The van der Waals surface area contributed by atoms with E-state index in [1.165, 1.54) is 5.56 Å². The van der Waals surface area contributed by atoms with Crippen LogP contribution in [0.2, 0.25) is 0 Å². The summed E-state index contributed by atoms with van der Waals surface area (Å²) in [5.41, 5.74) is 3.99. The molecule has 0 unspecified atom stereocenters. The second-order valence-electron chi connectivity index (χ2n) is 5.46. The summed E-state index contributed by atoms with van der Waals surface area (Å²) in [6, 6.07) is 9.76. The monoisotopic (exact) mass is 281 g/mol. The van der Waals surface area contributed by atoms with E-state index < -0.39 is 0 Å². The minimum absolute atomic E-state index is 0.0205. The van der Waals surface area contributed by atoms with Gasteiger partial charge in [-0.1, -0.05) is 6.07 Å². The predicted molar refractivity (Wildman–Crippen MR) is 82.6 cm³/mol. The van der Waals surface area contributed by atoms with E-state index in [9.17, 15) is 10.1 Å². The number of aromatic nitrogens is 1. The Bertz CT molecular complexity index is 720. The normalized spacial score (nSPS) is 10.5. The van der Waals surface area contributed by atoms with Gasteiger partial charge in [-0.25, -0.2) is 0 Å². The van der Waals surface area contributed by atoms with Crippen LogP contribution in [-0.4, -0.2) is 16.5 Å². The van der Waals surface area contributed by atoms with Gasteiger partial charge in [0.15, 0.2) is 0 Å². The lowest BCUT2D eigenvalue weighted by molar-refractivity contribution is 0.0936. The molecule has 0 aliphatic heterocycles. The van der Waals surface area contributed by atoms with Gasteiger partial charge in [0.2, 0.25) is 0 Å². The summed E-state index contributed by atoms with van der Waals surface area (Å²) in [5.74, 6) is -0.232. The van der Waals surface area contributed by atoms with E-state index in [1.54, 1.807) is 16.8 Å². The molecule has 2 aromatic rings. The molecule has 108 valence electrons. The molecule has 0 saturated heterocycles. The lowest BCUT2D eigenvalue weighted by Crippen LogP contribution is -2.32. The molecule has 0 bridgehead atoms. The molecule has 2 rings (SSSR count). The van der Waals surface area contributed by atoms with Crippen molar-refractivity contribution in [3.63, 3.8) is 0 Å². The van der Waals surface area contributed by atoms with Gasteiger partial charge >= 0.3 is 0 Å². The predicted octanol–water partition coefficient (Wildman–Crippen LogP) is 3.10. The lowest BCUT2D eigenvalue weighted by atomic mass is 10.1. The average molecular weight is 281 g/mol. The fourth-order valence-corrected chi connectivity index (χ4v) is 2.18. The molecule has 1 N–H and O–H groups in total. The third-order valence-corrected chi connectivity index (χ3v) is 3.41. The molecule has 0 atom stereocenters. The highest BCUT2D eigenvalue weighted by atomic mass is 16.2.